The summed E-state index contributed by atoms with van der Waals surface area (Å²) in [4.78, 5) is 26.2. The number of anilines is 2. The molecule has 24 heavy (non-hydrogen) atoms. The van der Waals surface area contributed by atoms with Crippen LogP contribution in [0.15, 0.2) is 42.5 Å². The molecule has 1 heterocycles. The lowest BCUT2D eigenvalue weighted by molar-refractivity contribution is -0.122. The summed E-state index contributed by atoms with van der Waals surface area (Å²) in [6, 6.07) is 11.9. The van der Waals surface area contributed by atoms with Crippen LogP contribution in [0.1, 0.15) is 6.42 Å². The van der Waals surface area contributed by atoms with Crippen molar-refractivity contribution in [3.05, 3.63) is 57.5 Å². The molecule has 1 fully saturated rings. The molecule has 0 saturated carbocycles. The third-order valence-corrected chi connectivity index (χ3v) is 4.89. The van der Waals surface area contributed by atoms with Crippen molar-refractivity contribution >= 4 is 58.0 Å². The lowest BCUT2D eigenvalue weighted by Gasteiger charge is -2.18. The third kappa shape index (κ3) is 3.51. The number of rotatable bonds is 3. The lowest BCUT2D eigenvalue weighted by Crippen LogP contribution is -2.28. The number of halogens is 3. The van der Waals surface area contributed by atoms with Crippen LogP contribution in [0.5, 0.6) is 0 Å². The summed E-state index contributed by atoms with van der Waals surface area (Å²) >= 11 is 18.0. The first-order valence-corrected chi connectivity index (χ1v) is 8.40. The Morgan fingerprint density at radius 1 is 1.08 bits per heavy atom. The lowest BCUT2D eigenvalue weighted by atomic mass is 10.1. The quantitative estimate of drug-likeness (QED) is 0.839. The normalized spacial score (nSPS) is 17.2. The van der Waals surface area contributed by atoms with Crippen LogP contribution in [0.4, 0.5) is 11.4 Å². The van der Waals surface area contributed by atoms with E-state index < -0.39 is 5.92 Å². The van der Waals surface area contributed by atoms with Gasteiger partial charge in [0, 0.05) is 23.7 Å². The van der Waals surface area contributed by atoms with E-state index in [0.717, 1.165) is 0 Å². The van der Waals surface area contributed by atoms with Gasteiger partial charge in [0.25, 0.3) is 0 Å². The molecule has 1 unspecified atom stereocenters. The fourth-order valence-electron chi connectivity index (χ4n) is 2.59. The second-order valence-electron chi connectivity index (χ2n) is 5.47. The summed E-state index contributed by atoms with van der Waals surface area (Å²) in [5.74, 6) is -0.829. The van der Waals surface area contributed by atoms with Crippen LogP contribution in [0.2, 0.25) is 15.1 Å². The number of benzene rings is 2. The number of hydrogen-bond donors (Lipinski definition) is 1. The van der Waals surface area contributed by atoms with E-state index in [0.29, 0.717) is 26.4 Å². The summed E-state index contributed by atoms with van der Waals surface area (Å²) in [6.45, 7) is 0.262. The molecule has 0 bridgehead atoms. The zero-order chi connectivity index (χ0) is 17.3. The molecule has 2 aromatic carbocycles. The summed E-state index contributed by atoms with van der Waals surface area (Å²) in [6.07, 6.45) is 0.127. The molecule has 2 aromatic rings. The SMILES string of the molecule is O=C(Nc1ccc(Cl)cc1)C1CC(=O)N(c2cccc(Cl)c2Cl)C1. The predicted octanol–water partition coefficient (Wildman–Crippen LogP) is 4.64. The maximum absolute atomic E-state index is 12.4. The Hall–Kier alpha value is -1.75. The van der Waals surface area contributed by atoms with E-state index in [-0.39, 0.29) is 24.8 Å². The molecular weight excluding hydrogens is 371 g/mol. The number of nitrogens with one attached hydrogen (secondary N) is 1. The summed E-state index contributed by atoms with van der Waals surface area (Å²) in [5, 5.41) is 4.07. The van der Waals surface area contributed by atoms with Gasteiger partial charge in [0.05, 0.1) is 21.7 Å². The predicted molar refractivity (Wildman–Crippen MR) is 97.0 cm³/mol. The molecule has 0 aromatic heterocycles. The smallest absolute Gasteiger partial charge is 0.229 e. The van der Waals surface area contributed by atoms with Crippen molar-refractivity contribution in [3.63, 3.8) is 0 Å². The second kappa shape index (κ2) is 7.01. The van der Waals surface area contributed by atoms with Gasteiger partial charge in [0.15, 0.2) is 0 Å². The number of nitrogens with zero attached hydrogens (tertiary/aromatic N) is 1. The summed E-state index contributed by atoms with van der Waals surface area (Å²) in [5.41, 5.74) is 1.16. The molecule has 3 rings (SSSR count). The minimum Gasteiger partial charge on any atom is -0.326 e. The van der Waals surface area contributed by atoms with Crippen LogP contribution in [-0.2, 0) is 9.59 Å². The van der Waals surface area contributed by atoms with Crippen LogP contribution < -0.4 is 10.2 Å². The Labute approximate surface area is 154 Å². The number of carbonyl (C=O) groups excluding carboxylic acids is 2. The Bertz CT molecular complexity index is 793. The molecule has 0 radical (unpaired) electrons. The average Bonchev–Trinajstić information content (AvgIpc) is 2.94. The van der Waals surface area contributed by atoms with Crippen molar-refractivity contribution in [2.45, 2.75) is 6.42 Å². The first-order chi connectivity index (χ1) is 11.5. The Balaban J connectivity index is 1.73. The van der Waals surface area contributed by atoms with Gasteiger partial charge in [-0.1, -0.05) is 40.9 Å². The van der Waals surface area contributed by atoms with Gasteiger partial charge < -0.3 is 10.2 Å². The topological polar surface area (TPSA) is 49.4 Å². The maximum Gasteiger partial charge on any atom is 0.229 e. The standard InChI is InChI=1S/C17H13Cl3N2O2/c18-11-4-6-12(7-5-11)21-17(24)10-8-15(23)22(9-10)14-3-1-2-13(19)16(14)20/h1-7,10H,8-9H2,(H,21,24). The van der Waals surface area contributed by atoms with Crippen LogP contribution in [0, 0.1) is 5.92 Å². The van der Waals surface area contributed by atoms with E-state index in [1.165, 1.54) is 4.90 Å². The molecule has 1 aliphatic heterocycles. The first-order valence-electron chi connectivity index (χ1n) is 7.26. The van der Waals surface area contributed by atoms with Gasteiger partial charge in [-0.2, -0.15) is 0 Å². The molecular formula is C17H13Cl3N2O2. The van der Waals surface area contributed by atoms with Gasteiger partial charge in [-0.3, -0.25) is 9.59 Å². The second-order valence-corrected chi connectivity index (χ2v) is 6.70. The molecule has 1 saturated heterocycles. The van der Waals surface area contributed by atoms with Gasteiger partial charge in [0.2, 0.25) is 11.8 Å². The highest BCUT2D eigenvalue weighted by Gasteiger charge is 2.36. The fourth-order valence-corrected chi connectivity index (χ4v) is 3.12. The highest BCUT2D eigenvalue weighted by Crippen LogP contribution is 2.35. The van der Waals surface area contributed by atoms with Crippen LogP contribution in [0.3, 0.4) is 0 Å². The zero-order valence-electron chi connectivity index (χ0n) is 12.4. The number of hydrogen-bond acceptors (Lipinski definition) is 2. The van der Waals surface area contributed by atoms with Crippen LogP contribution in [0.25, 0.3) is 0 Å². The molecule has 0 spiro atoms. The molecule has 2 amide bonds. The number of carbonyl (C=O) groups is 2. The first kappa shape index (κ1) is 17.1. The van der Waals surface area contributed by atoms with Gasteiger partial charge in [-0.05, 0) is 36.4 Å². The van der Waals surface area contributed by atoms with Gasteiger partial charge >= 0.3 is 0 Å². The minimum absolute atomic E-state index is 0.127. The van der Waals surface area contributed by atoms with Crippen molar-refractivity contribution in [1.29, 1.82) is 0 Å². The zero-order valence-corrected chi connectivity index (χ0v) is 14.7. The van der Waals surface area contributed by atoms with Gasteiger partial charge in [-0.25, -0.2) is 0 Å². The maximum atomic E-state index is 12.4. The van der Waals surface area contributed by atoms with Crippen molar-refractivity contribution in [2.24, 2.45) is 5.92 Å². The fraction of sp³-hybridized carbons (Fsp3) is 0.176. The largest absolute Gasteiger partial charge is 0.326 e. The van der Waals surface area contributed by atoms with E-state index >= 15 is 0 Å². The van der Waals surface area contributed by atoms with Crippen molar-refractivity contribution in [2.75, 3.05) is 16.8 Å². The van der Waals surface area contributed by atoms with Crippen molar-refractivity contribution < 1.29 is 9.59 Å². The molecule has 1 atom stereocenters. The molecule has 0 aliphatic carbocycles. The van der Waals surface area contributed by atoms with E-state index in [9.17, 15) is 9.59 Å². The minimum atomic E-state index is -0.455. The van der Waals surface area contributed by atoms with Crippen molar-refractivity contribution in [3.8, 4) is 0 Å². The molecule has 7 heteroatoms. The van der Waals surface area contributed by atoms with E-state index in [2.05, 4.69) is 5.32 Å². The average molecular weight is 384 g/mol. The van der Waals surface area contributed by atoms with E-state index in [1.807, 2.05) is 0 Å². The highest BCUT2D eigenvalue weighted by molar-refractivity contribution is 6.44. The van der Waals surface area contributed by atoms with Gasteiger partial charge in [0.1, 0.15) is 0 Å². The Morgan fingerprint density at radius 2 is 1.79 bits per heavy atom. The Morgan fingerprint density at radius 3 is 2.50 bits per heavy atom. The van der Waals surface area contributed by atoms with E-state index in [4.69, 9.17) is 34.8 Å². The van der Waals surface area contributed by atoms with Crippen molar-refractivity contribution in [1.82, 2.24) is 0 Å². The Kier molecular flexibility index (Phi) is 4.99. The van der Waals surface area contributed by atoms with Crippen LogP contribution >= 0.6 is 34.8 Å². The molecule has 4 nitrogen and oxygen atoms in total. The van der Waals surface area contributed by atoms with Crippen LogP contribution in [-0.4, -0.2) is 18.4 Å². The monoisotopic (exact) mass is 382 g/mol. The summed E-state index contributed by atoms with van der Waals surface area (Å²) < 4.78 is 0. The van der Waals surface area contributed by atoms with Gasteiger partial charge in [-0.15, -0.1) is 0 Å². The highest BCUT2D eigenvalue weighted by atomic mass is 35.5. The molecule has 1 aliphatic rings. The summed E-state index contributed by atoms with van der Waals surface area (Å²) in [7, 11) is 0. The number of amides is 2. The van der Waals surface area contributed by atoms with E-state index in [1.54, 1.807) is 42.5 Å². The molecule has 1 N–H and O–H groups in total. The molecule has 124 valence electrons. The third-order valence-electron chi connectivity index (χ3n) is 3.83.